The number of hydrogen-bond acceptors (Lipinski definition) is 5. The maximum atomic E-state index is 13.7. The van der Waals surface area contributed by atoms with E-state index in [9.17, 15) is 14.3 Å². The standard InChI is InChI=1S/C19H12ClFN4O2S/c1-2-8-25-18(27)15(28-19(25)24-13-4-3-7-22-16(13)20)14-11-9-10(21)5-6-12(11)23-17(14)26/h2-7,9,27H,1,8H2. The van der Waals surface area contributed by atoms with Gasteiger partial charge in [0.05, 0.1) is 10.9 Å². The molecule has 1 N–H and O–H groups in total. The van der Waals surface area contributed by atoms with Gasteiger partial charge < -0.3 is 5.11 Å². The Kier molecular flexibility index (Phi) is 4.66. The number of carbonyl (C=O) groups excluding carboxylic acids is 1. The van der Waals surface area contributed by atoms with Crippen molar-refractivity contribution in [1.82, 2.24) is 9.55 Å². The lowest BCUT2D eigenvalue weighted by Gasteiger charge is -2.02. The zero-order valence-electron chi connectivity index (χ0n) is 14.3. The number of aromatic hydroxyl groups is 1. The molecule has 0 saturated heterocycles. The monoisotopic (exact) mass is 414 g/mol. The van der Waals surface area contributed by atoms with Crippen molar-refractivity contribution in [2.75, 3.05) is 0 Å². The smallest absolute Gasteiger partial charge is 0.279 e. The SMILES string of the molecule is C=CCn1c(O)c(C2=c3cc(F)ccc3=NC2=O)sc1=Nc1cccnc1Cl. The number of pyridine rings is 1. The molecule has 3 aromatic rings. The highest BCUT2D eigenvalue weighted by Crippen LogP contribution is 2.29. The number of rotatable bonds is 4. The van der Waals surface area contributed by atoms with Gasteiger partial charge in [-0.3, -0.25) is 9.36 Å². The van der Waals surface area contributed by atoms with E-state index in [1.54, 1.807) is 18.2 Å². The lowest BCUT2D eigenvalue weighted by atomic mass is 10.1. The third-order valence-electron chi connectivity index (χ3n) is 4.04. The predicted octanol–water partition coefficient (Wildman–Crippen LogP) is 2.22. The van der Waals surface area contributed by atoms with Crippen molar-refractivity contribution >= 4 is 40.1 Å². The van der Waals surface area contributed by atoms with Gasteiger partial charge in [0, 0.05) is 18.0 Å². The van der Waals surface area contributed by atoms with Crippen LogP contribution in [-0.2, 0) is 11.3 Å². The molecule has 0 fully saturated rings. The summed E-state index contributed by atoms with van der Waals surface area (Å²) in [4.78, 5) is 25.5. The molecule has 1 aliphatic rings. The van der Waals surface area contributed by atoms with Crippen molar-refractivity contribution in [2.24, 2.45) is 9.98 Å². The van der Waals surface area contributed by atoms with Crippen LogP contribution in [0.15, 0.2) is 59.2 Å². The summed E-state index contributed by atoms with van der Waals surface area (Å²) in [6.07, 6.45) is 3.12. The van der Waals surface area contributed by atoms with Gasteiger partial charge in [-0.1, -0.05) is 29.0 Å². The Hall–Kier alpha value is -3.10. The first kappa shape index (κ1) is 18.3. The van der Waals surface area contributed by atoms with E-state index in [1.165, 1.54) is 29.0 Å². The summed E-state index contributed by atoms with van der Waals surface area (Å²) < 4.78 is 15.2. The van der Waals surface area contributed by atoms with Gasteiger partial charge in [-0.2, -0.15) is 0 Å². The van der Waals surface area contributed by atoms with Crippen molar-refractivity contribution in [2.45, 2.75) is 6.54 Å². The molecule has 0 bridgehead atoms. The summed E-state index contributed by atoms with van der Waals surface area (Å²) >= 11 is 7.15. The largest absolute Gasteiger partial charge is 0.493 e. The molecular formula is C19H12ClFN4O2S. The molecule has 0 saturated carbocycles. The minimum Gasteiger partial charge on any atom is -0.493 e. The first-order valence-electron chi connectivity index (χ1n) is 8.11. The number of hydrogen-bond donors (Lipinski definition) is 1. The Bertz CT molecular complexity index is 1330. The fourth-order valence-electron chi connectivity index (χ4n) is 2.81. The van der Waals surface area contributed by atoms with E-state index < -0.39 is 11.7 Å². The molecule has 6 nitrogen and oxygen atoms in total. The number of amides is 1. The number of allylic oxidation sites excluding steroid dienone is 1. The first-order valence-corrected chi connectivity index (χ1v) is 9.31. The molecule has 140 valence electrons. The van der Waals surface area contributed by atoms with Crippen LogP contribution in [0.3, 0.4) is 0 Å². The minimum atomic E-state index is -0.547. The lowest BCUT2D eigenvalue weighted by Crippen LogP contribution is -2.23. The number of fused-ring (bicyclic) bond motifs is 1. The molecule has 28 heavy (non-hydrogen) atoms. The number of halogens is 2. The third-order valence-corrected chi connectivity index (χ3v) is 5.42. The summed E-state index contributed by atoms with van der Waals surface area (Å²) in [5.41, 5.74) is 0.544. The van der Waals surface area contributed by atoms with Crippen molar-refractivity contribution < 1.29 is 14.3 Å². The molecule has 0 aliphatic carbocycles. The van der Waals surface area contributed by atoms with Gasteiger partial charge in [0.2, 0.25) is 5.88 Å². The van der Waals surface area contributed by atoms with Crippen LogP contribution in [0.25, 0.3) is 5.57 Å². The fourth-order valence-corrected chi connectivity index (χ4v) is 4.07. The number of benzene rings is 1. The molecule has 0 spiro atoms. The highest BCUT2D eigenvalue weighted by molar-refractivity contribution is 7.11. The van der Waals surface area contributed by atoms with Crippen LogP contribution in [0.1, 0.15) is 4.88 Å². The van der Waals surface area contributed by atoms with E-state index in [4.69, 9.17) is 11.6 Å². The zero-order valence-corrected chi connectivity index (χ0v) is 15.8. The maximum Gasteiger partial charge on any atom is 0.279 e. The summed E-state index contributed by atoms with van der Waals surface area (Å²) in [7, 11) is 0. The molecule has 1 amide bonds. The van der Waals surface area contributed by atoms with Gasteiger partial charge in [0.25, 0.3) is 5.91 Å². The predicted molar refractivity (Wildman–Crippen MR) is 103 cm³/mol. The van der Waals surface area contributed by atoms with Crippen LogP contribution in [0.2, 0.25) is 5.15 Å². The second kappa shape index (κ2) is 7.14. The van der Waals surface area contributed by atoms with Crippen molar-refractivity contribution in [1.29, 1.82) is 0 Å². The van der Waals surface area contributed by atoms with Gasteiger partial charge in [0.15, 0.2) is 9.95 Å². The number of carbonyl (C=O) groups is 1. The van der Waals surface area contributed by atoms with Gasteiger partial charge in [0.1, 0.15) is 16.4 Å². The molecule has 2 aromatic heterocycles. The Morgan fingerprint density at radius 2 is 2.21 bits per heavy atom. The maximum absolute atomic E-state index is 13.7. The average molecular weight is 415 g/mol. The first-order chi connectivity index (χ1) is 13.5. The van der Waals surface area contributed by atoms with E-state index in [0.29, 0.717) is 21.1 Å². The van der Waals surface area contributed by atoms with Crippen LogP contribution in [0.5, 0.6) is 5.88 Å². The van der Waals surface area contributed by atoms with E-state index in [1.807, 2.05) is 0 Å². The highest BCUT2D eigenvalue weighted by Gasteiger charge is 2.25. The minimum absolute atomic E-state index is 0.133. The number of thiazole rings is 1. The average Bonchev–Trinajstić information content (AvgIpc) is 3.14. The second-order valence-corrected chi connectivity index (χ2v) is 7.15. The lowest BCUT2D eigenvalue weighted by molar-refractivity contribution is -0.112. The molecule has 0 atom stereocenters. The third kappa shape index (κ3) is 3.06. The van der Waals surface area contributed by atoms with Gasteiger partial charge in [-0.15, -0.1) is 6.58 Å². The molecular weight excluding hydrogens is 403 g/mol. The number of aromatic nitrogens is 2. The molecule has 1 aliphatic heterocycles. The topological polar surface area (TPSA) is 79.8 Å². The van der Waals surface area contributed by atoms with Crippen LogP contribution in [-0.4, -0.2) is 20.6 Å². The fraction of sp³-hybridized carbons (Fsp3) is 0.0526. The van der Waals surface area contributed by atoms with Crippen LogP contribution in [0.4, 0.5) is 10.1 Å². The summed E-state index contributed by atoms with van der Waals surface area (Å²) in [5.74, 6) is -1.23. The molecule has 0 radical (unpaired) electrons. The van der Waals surface area contributed by atoms with Gasteiger partial charge in [-0.25, -0.2) is 19.4 Å². The van der Waals surface area contributed by atoms with Gasteiger partial charge >= 0.3 is 0 Å². The summed E-state index contributed by atoms with van der Waals surface area (Å²) in [6.45, 7) is 3.93. The van der Waals surface area contributed by atoms with Crippen LogP contribution in [0, 0.1) is 5.82 Å². The number of nitrogens with zero attached hydrogens (tertiary/aromatic N) is 4. The van der Waals surface area contributed by atoms with Gasteiger partial charge in [-0.05, 0) is 30.3 Å². The summed E-state index contributed by atoms with van der Waals surface area (Å²) in [5, 5.41) is 11.7. The van der Waals surface area contributed by atoms with E-state index >= 15 is 0 Å². The van der Waals surface area contributed by atoms with Crippen molar-refractivity contribution in [3.8, 4) is 5.88 Å². The zero-order chi connectivity index (χ0) is 19.8. The normalized spacial score (nSPS) is 13.6. The van der Waals surface area contributed by atoms with Crippen LogP contribution >= 0.6 is 22.9 Å². The van der Waals surface area contributed by atoms with Crippen molar-refractivity contribution in [3.63, 3.8) is 0 Å². The molecule has 4 rings (SSSR count). The summed E-state index contributed by atoms with van der Waals surface area (Å²) in [6, 6.07) is 7.25. The Morgan fingerprint density at radius 1 is 1.39 bits per heavy atom. The van der Waals surface area contributed by atoms with E-state index in [-0.39, 0.29) is 28.0 Å². The second-order valence-electron chi connectivity index (χ2n) is 5.82. The Labute approximate surface area is 166 Å². The molecule has 9 heteroatoms. The van der Waals surface area contributed by atoms with E-state index in [0.717, 1.165) is 11.3 Å². The van der Waals surface area contributed by atoms with Crippen molar-refractivity contribution in [3.05, 3.63) is 80.4 Å². The quantitative estimate of drug-likeness (QED) is 0.525. The molecule has 3 heterocycles. The van der Waals surface area contributed by atoms with Crippen LogP contribution < -0.4 is 15.4 Å². The Morgan fingerprint density at radius 3 is 2.96 bits per heavy atom. The van der Waals surface area contributed by atoms with E-state index in [2.05, 4.69) is 21.5 Å². The Balaban J connectivity index is 2.02. The highest BCUT2D eigenvalue weighted by atomic mass is 35.5. The molecule has 1 aromatic carbocycles. The molecule has 0 unspecified atom stereocenters.